The molecule has 1 rings (SSSR count). The smallest absolute Gasteiger partial charge is 0.233 e. The van der Waals surface area contributed by atoms with Crippen LogP contribution in [-0.2, 0) is 4.79 Å². The van der Waals surface area contributed by atoms with Crippen LogP contribution in [0.2, 0.25) is 0 Å². The molecule has 0 aromatic rings. The van der Waals surface area contributed by atoms with Crippen LogP contribution in [0.15, 0.2) is 0 Å². The average Bonchev–Trinajstić information content (AvgIpc) is 2.26. The van der Waals surface area contributed by atoms with Crippen LogP contribution in [0.3, 0.4) is 0 Å². The summed E-state index contributed by atoms with van der Waals surface area (Å²) in [6.07, 6.45) is 4.70. The first-order chi connectivity index (χ1) is 7.22. The highest BCUT2D eigenvalue weighted by Gasteiger charge is 2.14. The molecule has 1 aliphatic rings. The van der Waals surface area contributed by atoms with E-state index in [1.807, 2.05) is 0 Å². The van der Waals surface area contributed by atoms with Crippen LogP contribution < -0.4 is 17.0 Å². The summed E-state index contributed by atoms with van der Waals surface area (Å²) >= 11 is 0. The van der Waals surface area contributed by atoms with Crippen molar-refractivity contribution in [2.24, 2.45) is 11.6 Å². The highest BCUT2D eigenvalue weighted by molar-refractivity contribution is 5.75. The highest BCUT2D eigenvalue weighted by atomic mass is 16.2. The molecule has 0 atom stereocenters. The van der Waals surface area contributed by atoms with Crippen molar-refractivity contribution < 1.29 is 4.79 Å². The summed E-state index contributed by atoms with van der Waals surface area (Å²) in [5, 5.41) is 0. The van der Waals surface area contributed by atoms with E-state index in [1.165, 1.54) is 0 Å². The van der Waals surface area contributed by atoms with E-state index in [1.54, 1.807) is 0 Å². The van der Waals surface area contributed by atoms with Gasteiger partial charge >= 0.3 is 0 Å². The van der Waals surface area contributed by atoms with Gasteiger partial charge in [0.05, 0.1) is 0 Å². The Morgan fingerprint density at radius 3 is 2.60 bits per heavy atom. The Kier molecular flexibility index (Phi) is 5.60. The molecule has 15 heavy (non-hydrogen) atoms. The number of likely N-dealkylation sites (tertiary alicyclic amines) is 1. The third kappa shape index (κ3) is 5.11. The lowest BCUT2D eigenvalue weighted by Gasteiger charge is -2.29. The Hall–Kier alpha value is -0.650. The molecule has 5 N–H and O–H groups in total. The molecule has 88 valence electrons. The van der Waals surface area contributed by atoms with E-state index >= 15 is 0 Å². The van der Waals surface area contributed by atoms with E-state index in [4.69, 9.17) is 11.6 Å². The largest absolute Gasteiger partial charge is 0.328 e. The molecule has 0 aromatic heterocycles. The first kappa shape index (κ1) is 12.4. The van der Waals surface area contributed by atoms with Gasteiger partial charge in [0.1, 0.15) is 0 Å². The molecule has 0 unspecified atom stereocenters. The van der Waals surface area contributed by atoms with Crippen LogP contribution in [0.1, 0.15) is 32.1 Å². The van der Waals surface area contributed by atoms with Crippen molar-refractivity contribution in [3.63, 3.8) is 0 Å². The summed E-state index contributed by atoms with van der Waals surface area (Å²) in [6.45, 7) is 3.28. The molecule has 0 bridgehead atoms. The lowest BCUT2D eigenvalue weighted by atomic mass is 10.1. The lowest BCUT2D eigenvalue weighted by Crippen LogP contribution is -2.40. The Balaban J connectivity index is 1.98. The van der Waals surface area contributed by atoms with E-state index in [-0.39, 0.29) is 5.91 Å². The quantitative estimate of drug-likeness (QED) is 0.251. The van der Waals surface area contributed by atoms with Gasteiger partial charge in [-0.25, -0.2) is 5.84 Å². The predicted octanol–water partition coefficient (Wildman–Crippen LogP) is -0.430. The average molecular weight is 214 g/mol. The molecule has 5 nitrogen and oxygen atoms in total. The highest BCUT2D eigenvalue weighted by Crippen LogP contribution is 2.09. The second kappa shape index (κ2) is 6.76. The predicted molar refractivity (Wildman–Crippen MR) is 59.8 cm³/mol. The summed E-state index contributed by atoms with van der Waals surface area (Å²) in [4.78, 5) is 13.3. The molecule has 1 aliphatic heterocycles. The van der Waals surface area contributed by atoms with Gasteiger partial charge in [0.25, 0.3) is 0 Å². The number of nitrogens with two attached hydrogens (primary N) is 2. The number of unbranched alkanes of at least 4 members (excludes halogenated alkanes) is 1. The molecule has 0 aromatic carbocycles. The number of hydrogen-bond donors (Lipinski definition) is 3. The number of piperidine rings is 1. The van der Waals surface area contributed by atoms with Crippen molar-refractivity contribution in [1.82, 2.24) is 10.3 Å². The van der Waals surface area contributed by atoms with Gasteiger partial charge < -0.3 is 10.6 Å². The summed E-state index contributed by atoms with van der Waals surface area (Å²) in [5.41, 5.74) is 7.96. The zero-order valence-electron chi connectivity index (χ0n) is 9.24. The number of amides is 1. The van der Waals surface area contributed by atoms with Crippen molar-refractivity contribution in [2.45, 2.75) is 38.1 Å². The van der Waals surface area contributed by atoms with E-state index in [0.717, 1.165) is 45.3 Å². The molecular weight excluding hydrogens is 192 g/mol. The Bertz CT molecular complexity index is 190. The normalized spacial score (nSPS) is 19.1. The number of hydrazine groups is 1. The SMILES string of the molecule is NNC(=O)CCCCN1CCC(N)CC1. The minimum Gasteiger partial charge on any atom is -0.328 e. The summed E-state index contributed by atoms with van der Waals surface area (Å²) in [7, 11) is 0. The van der Waals surface area contributed by atoms with Crippen LogP contribution in [0.4, 0.5) is 0 Å². The molecule has 0 saturated carbocycles. The molecule has 1 amide bonds. The number of carbonyl (C=O) groups is 1. The summed E-state index contributed by atoms with van der Waals surface area (Å²) in [6, 6.07) is 0.393. The Morgan fingerprint density at radius 2 is 2.00 bits per heavy atom. The number of nitrogens with one attached hydrogen (secondary N) is 1. The molecule has 0 aliphatic carbocycles. The third-order valence-electron chi connectivity index (χ3n) is 2.92. The van der Waals surface area contributed by atoms with E-state index in [9.17, 15) is 4.79 Å². The maximum atomic E-state index is 10.8. The first-order valence-electron chi connectivity index (χ1n) is 5.69. The number of rotatable bonds is 5. The molecular formula is C10H22N4O. The fraction of sp³-hybridized carbons (Fsp3) is 0.900. The molecule has 5 heteroatoms. The van der Waals surface area contributed by atoms with Crippen LogP contribution in [0, 0.1) is 0 Å². The van der Waals surface area contributed by atoms with Crippen molar-refractivity contribution in [3.8, 4) is 0 Å². The zero-order chi connectivity index (χ0) is 11.1. The summed E-state index contributed by atoms with van der Waals surface area (Å²) in [5.74, 6) is 4.92. The minimum absolute atomic E-state index is 0.0735. The van der Waals surface area contributed by atoms with Crippen molar-refractivity contribution in [2.75, 3.05) is 19.6 Å². The van der Waals surface area contributed by atoms with Crippen LogP contribution in [-0.4, -0.2) is 36.5 Å². The summed E-state index contributed by atoms with van der Waals surface area (Å²) < 4.78 is 0. The second-order valence-corrected chi connectivity index (χ2v) is 4.20. The van der Waals surface area contributed by atoms with Crippen LogP contribution in [0.5, 0.6) is 0 Å². The van der Waals surface area contributed by atoms with Crippen LogP contribution in [0.25, 0.3) is 0 Å². The van der Waals surface area contributed by atoms with Gasteiger partial charge in [-0.15, -0.1) is 0 Å². The van der Waals surface area contributed by atoms with Gasteiger partial charge in [-0.3, -0.25) is 10.2 Å². The Morgan fingerprint density at radius 1 is 1.33 bits per heavy atom. The van der Waals surface area contributed by atoms with Gasteiger partial charge in [0.2, 0.25) is 5.91 Å². The van der Waals surface area contributed by atoms with Gasteiger partial charge in [-0.1, -0.05) is 0 Å². The number of hydrogen-bond acceptors (Lipinski definition) is 4. The first-order valence-corrected chi connectivity index (χ1v) is 5.69. The fourth-order valence-electron chi connectivity index (χ4n) is 1.87. The van der Waals surface area contributed by atoms with Gasteiger partial charge in [0, 0.05) is 12.5 Å². The number of carbonyl (C=O) groups excluding carboxylic acids is 1. The maximum absolute atomic E-state index is 10.8. The van der Waals surface area contributed by atoms with Gasteiger partial charge in [0.15, 0.2) is 0 Å². The second-order valence-electron chi connectivity index (χ2n) is 4.20. The zero-order valence-corrected chi connectivity index (χ0v) is 9.24. The fourth-order valence-corrected chi connectivity index (χ4v) is 1.87. The monoisotopic (exact) mass is 214 g/mol. The standard InChI is InChI=1S/C10H22N4O/c11-9-4-7-14(8-5-9)6-2-1-3-10(15)13-12/h9H,1-8,11-12H2,(H,13,15). The van der Waals surface area contributed by atoms with Gasteiger partial charge in [-0.2, -0.15) is 0 Å². The van der Waals surface area contributed by atoms with Crippen molar-refractivity contribution >= 4 is 5.91 Å². The lowest BCUT2D eigenvalue weighted by molar-refractivity contribution is -0.121. The van der Waals surface area contributed by atoms with E-state index in [0.29, 0.717) is 12.5 Å². The Labute approximate surface area is 91.1 Å². The van der Waals surface area contributed by atoms with E-state index < -0.39 is 0 Å². The van der Waals surface area contributed by atoms with Gasteiger partial charge in [-0.05, 0) is 45.3 Å². The van der Waals surface area contributed by atoms with Crippen LogP contribution >= 0.6 is 0 Å². The minimum atomic E-state index is -0.0735. The molecule has 1 heterocycles. The molecule has 0 spiro atoms. The molecule has 1 fully saturated rings. The van der Waals surface area contributed by atoms with Crippen molar-refractivity contribution in [3.05, 3.63) is 0 Å². The third-order valence-corrected chi connectivity index (χ3v) is 2.92. The van der Waals surface area contributed by atoms with E-state index in [2.05, 4.69) is 10.3 Å². The molecule has 1 saturated heterocycles. The van der Waals surface area contributed by atoms with Crippen molar-refractivity contribution in [1.29, 1.82) is 0 Å². The number of nitrogens with zero attached hydrogens (tertiary/aromatic N) is 1. The topological polar surface area (TPSA) is 84.4 Å². The maximum Gasteiger partial charge on any atom is 0.233 e. The molecule has 0 radical (unpaired) electrons.